The topological polar surface area (TPSA) is 53.0 Å². The van der Waals surface area contributed by atoms with Crippen molar-refractivity contribution >= 4 is 5.91 Å². The number of rotatable bonds is 5. The van der Waals surface area contributed by atoms with Gasteiger partial charge >= 0.3 is 0 Å². The highest BCUT2D eigenvalue weighted by molar-refractivity contribution is 5.76. The summed E-state index contributed by atoms with van der Waals surface area (Å²) in [6, 6.07) is 0.302. The van der Waals surface area contributed by atoms with Crippen molar-refractivity contribution in [2.75, 3.05) is 46.0 Å². The van der Waals surface area contributed by atoms with Crippen LogP contribution in [0.1, 0.15) is 38.5 Å². The summed E-state index contributed by atoms with van der Waals surface area (Å²) in [5, 5.41) is 9.47. The Hall–Kier alpha value is -0.650. The van der Waals surface area contributed by atoms with Gasteiger partial charge in [-0.1, -0.05) is 12.8 Å². The van der Waals surface area contributed by atoms with Crippen LogP contribution >= 0.6 is 0 Å². The second-order valence-corrected chi connectivity index (χ2v) is 5.82. The quantitative estimate of drug-likeness (QED) is 0.813. The third-order valence-electron chi connectivity index (χ3n) is 4.41. The SMILES string of the molecule is O=C(CCCN1CCCCCC1CO)N1CCOCC1. The Kier molecular flexibility index (Phi) is 6.76. The minimum atomic E-state index is 0.247. The molecule has 2 aliphatic heterocycles. The maximum atomic E-state index is 12.1. The highest BCUT2D eigenvalue weighted by Gasteiger charge is 2.21. The molecule has 0 radical (unpaired) electrons. The normalized spacial score (nSPS) is 25.4. The Morgan fingerprint density at radius 3 is 2.70 bits per heavy atom. The molecule has 20 heavy (non-hydrogen) atoms. The van der Waals surface area contributed by atoms with Crippen LogP contribution < -0.4 is 0 Å². The third-order valence-corrected chi connectivity index (χ3v) is 4.41. The zero-order valence-electron chi connectivity index (χ0n) is 12.4. The van der Waals surface area contributed by atoms with Crippen molar-refractivity contribution in [1.82, 2.24) is 9.80 Å². The molecule has 0 aromatic heterocycles. The van der Waals surface area contributed by atoms with Gasteiger partial charge in [0.25, 0.3) is 0 Å². The molecule has 0 aromatic rings. The smallest absolute Gasteiger partial charge is 0.222 e. The predicted octanol–water partition coefficient (Wildman–Crippen LogP) is 0.862. The lowest BCUT2D eigenvalue weighted by Crippen LogP contribution is -2.41. The molecule has 5 heteroatoms. The molecule has 0 saturated carbocycles. The fraction of sp³-hybridized carbons (Fsp3) is 0.933. The van der Waals surface area contributed by atoms with Crippen molar-refractivity contribution < 1.29 is 14.6 Å². The Labute approximate surface area is 121 Å². The van der Waals surface area contributed by atoms with Crippen molar-refractivity contribution in [3.05, 3.63) is 0 Å². The molecule has 2 heterocycles. The highest BCUT2D eigenvalue weighted by atomic mass is 16.5. The van der Waals surface area contributed by atoms with Crippen molar-refractivity contribution in [3.63, 3.8) is 0 Å². The van der Waals surface area contributed by atoms with E-state index in [0.717, 1.165) is 39.0 Å². The molecular formula is C15H28N2O3. The number of aliphatic hydroxyl groups excluding tert-OH is 1. The van der Waals surface area contributed by atoms with E-state index in [0.29, 0.717) is 25.7 Å². The van der Waals surface area contributed by atoms with Crippen LogP contribution in [0.4, 0.5) is 0 Å². The van der Waals surface area contributed by atoms with Gasteiger partial charge in [-0.2, -0.15) is 0 Å². The molecule has 2 rings (SSSR count). The molecular weight excluding hydrogens is 256 g/mol. The van der Waals surface area contributed by atoms with Gasteiger partial charge in [0.05, 0.1) is 19.8 Å². The van der Waals surface area contributed by atoms with E-state index in [1.807, 2.05) is 4.90 Å². The van der Waals surface area contributed by atoms with Gasteiger partial charge in [-0.05, 0) is 32.4 Å². The van der Waals surface area contributed by atoms with E-state index in [9.17, 15) is 9.90 Å². The van der Waals surface area contributed by atoms with Crippen molar-refractivity contribution in [1.29, 1.82) is 0 Å². The largest absolute Gasteiger partial charge is 0.395 e. The molecule has 2 aliphatic rings. The van der Waals surface area contributed by atoms with Gasteiger partial charge in [-0.3, -0.25) is 9.69 Å². The number of hydrogen-bond donors (Lipinski definition) is 1. The number of carbonyl (C=O) groups excluding carboxylic acids is 1. The number of aliphatic hydroxyl groups is 1. The van der Waals surface area contributed by atoms with E-state index >= 15 is 0 Å². The molecule has 1 amide bonds. The second kappa shape index (κ2) is 8.60. The van der Waals surface area contributed by atoms with Crippen LogP contribution in [0.25, 0.3) is 0 Å². The van der Waals surface area contributed by atoms with E-state index in [4.69, 9.17) is 4.74 Å². The Bertz CT molecular complexity index is 293. The van der Waals surface area contributed by atoms with Crippen LogP contribution in [-0.2, 0) is 9.53 Å². The molecule has 0 aromatic carbocycles. The van der Waals surface area contributed by atoms with Gasteiger partial charge in [0.15, 0.2) is 0 Å². The number of carbonyl (C=O) groups is 1. The monoisotopic (exact) mass is 284 g/mol. The lowest BCUT2D eigenvalue weighted by molar-refractivity contribution is -0.135. The molecule has 1 N–H and O–H groups in total. The van der Waals surface area contributed by atoms with E-state index in [2.05, 4.69) is 4.90 Å². The van der Waals surface area contributed by atoms with Gasteiger partial charge in [0.1, 0.15) is 0 Å². The molecule has 0 bridgehead atoms. The number of ether oxygens (including phenoxy) is 1. The molecule has 2 fully saturated rings. The summed E-state index contributed by atoms with van der Waals surface area (Å²) in [6.07, 6.45) is 6.30. The summed E-state index contributed by atoms with van der Waals surface area (Å²) in [5.41, 5.74) is 0. The van der Waals surface area contributed by atoms with Gasteiger partial charge in [-0.25, -0.2) is 0 Å². The number of morpholine rings is 1. The third kappa shape index (κ3) is 4.72. The number of hydrogen-bond acceptors (Lipinski definition) is 4. The Morgan fingerprint density at radius 1 is 1.15 bits per heavy atom. The fourth-order valence-corrected chi connectivity index (χ4v) is 3.14. The predicted molar refractivity (Wildman–Crippen MR) is 77.5 cm³/mol. The first-order chi connectivity index (χ1) is 9.81. The van der Waals surface area contributed by atoms with Crippen molar-refractivity contribution in [2.24, 2.45) is 0 Å². The molecule has 0 spiro atoms. The van der Waals surface area contributed by atoms with Crippen LogP contribution in [0.3, 0.4) is 0 Å². The number of nitrogens with zero attached hydrogens (tertiary/aromatic N) is 2. The summed E-state index contributed by atoms with van der Waals surface area (Å²) >= 11 is 0. The molecule has 1 atom stereocenters. The molecule has 5 nitrogen and oxygen atoms in total. The van der Waals surface area contributed by atoms with E-state index in [1.165, 1.54) is 19.3 Å². The van der Waals surface area contributed by atoms with Crippen LogP contribution in [-0.4, -0.2) is 72.9 Å². The van der Waals surface area contributed by atoms with E-state index in [1.54, 1.807) is 0 Å². The minimum Gasteiger partial charge on any atom is -0.395 e. The summed E-state index contributed by atoms with van der Waals surface area (Å²) in [6.45, 7) is 5.06. The van der Waals surface area contributed by atoms with Gasteiger partial charge in [-0.15, -0.1) is 0 Å². The molecule has 1 unspecified atom stereocenters. The second-order valence-electron chi connectivity index (χ2n) is 5.82. The van der Waals surface area contributed by atoms with Gasteiger partial charge in [0, 0.05) is 25.6 Å². The summed E-state index contributed by atoms with van der Waals surface area (Å²) in [7, 11) is 0. The van der Waals surface area contributed by atoms with Crippen molar-refractivity contribution in [3.8, 4) is 0 Å². The molecule has 116 valence electrons. The molecule has 0 aliphatic carbocycles. The lowest BCUT2D eigenvalue weighted by Gasteiger charge is -2.29. The number of likely N-dealkylation sites (tertiary alicyclic amines) is 1. The zero-order chi connectivity index (χ0) is 14.2. The van der Waals surface area contributed by atoms with Gasteiger partial charge < -0.3 is 14.7 Å². The summed E-state index contributed by atoms with van der Waals surface area (Å²) < 4.78 is 5.26. The van der Waals surface area contributed by atoms with Gasteiger partial charge in [0.2, 0.25) is 5.91 Å². The number of amides is 1. The Morgan fingerprint density at radius 2 is 1.95 bits per heavy atom. The maximum absolute atomic E-state index is 12.1. The molecule has 2 saturated heterocycles. The Balaban J connectivity index is 1.69. The van der Waals surface area contributed by atoms with E-state index < -0.39 is 0 Å². The van der Waals surface area contributed by atoms with Crippen LogP contribution in [0.15, 0.2) is 0 Å². The lowest BCUT2D eigenvalue weighted by atomic mass is 10.1. The van der Waals surface area contributed by atoms with Crippen LogP contribution in [0.5, 0.6) is 0 Å². The van der Waals surface area contributed by atoms with E-state index in [-0.39, 0.29) is 12.5 Å². The maximum Gasteiger partial charge on any atom is 0.222 e. The van der Waals surface area contributed by atoms with Crippen LogP contribution in [0.2, 0.25) is 0 Å². The fourth-order valence-electron chi connectivity index (χ4n) is 3.14. The van der Waals surface area contributed by atoms with Crippen molar-refractivity contribution in [2.45, 2.75) is 44.6 Å². The first-order valence-corrected chi connectivity index (χ1v) is 8.01. The average molecular weight is 284 g/mol. The average Bonchev–Trinajstić information content (AvgIpc) is 2.73. The standard InChI is InChI=1S/C15H28N2O3/c18-13-14-5-2-1-3-7-16(14)8-4-6-15(19)17-9-11-20-12-10-17/h14,18H,1-13H2. The minimum absolute atomic E-state index is 0.247. The zero-order valence-corrected chi connectivity index (χ0v) is 12.4. The first-order valence-electron chi connectivity index (χ1n) is 8.01. The summed E-state index contributed by atoms with van der Waals surface area (Å²) in [4.78, 5) is 16.3. The summed E-state index contributed by atoms with van der Waals surface area (Å²) in [5.74, 6) is 0.253. The first kappa shape index (κ1) is 15.7. The highest BCUT2D eigenvalue weighted by Crippen LogP contribution is 2.17. The van der Waals surface area contributed by atoms with Crippen LogP contribution in [0, 0.1) is 0 Å².